The topological polar surface area (TPSA) is 46.6 Å². The van der Waals surface area contributed by atoms with Crippen LogP contribution in [0.25, 0.3) is 0 Å². The Morgan fingerprint density at radius 2 is 1.83 bits per heavy atom. The molecule has 0 aliphatic carbocycles. The quantitative estimate of drug-likeness (QED) is 0.741. The number of ether oxygens (including phenoxy) is 1. The number of likely N-dealkylation sites (N-methyl/N-ethyl adjacent to an activating group) is 1. The van der Waals surface area contributed by atoms with Gasteiger partial charge < -0.3 is 9.64 Å². The third-order valence-electron chi connectivity index (χ3n) is 3.27. The number of benzene rings is 2. The Bertz CT molecular complexity index is 731. The lowest BCUT2D eigenvalue weighted by molar-refractivity contribution is -0.120. The van der Waals surface area contributed by atoms with Crippen LogP contribution >= 0.6 is 15.9 Å². The van der Waals surface area contributed by atoms with E-state index in [1.807, 2.05) is 0 Å². The first-order valence-electron chi connectivity index (χ1n) is 6.84. The molecule has 2 rings (SSSR count). The van der Waals surface area contributed by atoms with Gasteiger partial charge in [0.2, 0.25) is 0 Å². The lowest BCUT2D eigenvalue weighted by Gasteiger charge is -2.18. The van der Waals surface area contributed by atoms with Crippen LogP contribution in [-0.4, -0.2) is 25.3 Å². The zero-order chi connectivity index (χ0) is 17.0. The highest BCUT2D eigenvalue weighted by Crippen LogP contribution is 2.22. The summed E-state index contributed by atoms with van der Waals surface area (Å²) in [4.78, 5) is 24.5. The lowest BCUT2D eigenvalue weighted by atomic mass is 10.1. The van der Waals surface area contributed by atoms with E-state index >= 15 is 0 Å². The van der Waals surface area contributed by atoms with E-state index in [1.54, 1.807) is 30.3 Å². The molecule has 6 heteroatoms. The maximum absolute atomic E-state index is 13.8. The molecular formula is C17H15BrFNO3. The van der Waals surface area contributed by atoms with Crippen molar-refractivity contribution in [1.82, 2.24) is 0 Å². The first-order valence-corrected chi connectivity index (χ1v) is 7.63. The highest BCUT2D eigenvalue weighted by Gasteiger charge is 2.15. The predicted octanol–water partition coefficient (Wildman–Crippen LogP) is 3.83. The molecule has 0 saturated carbocycles. The van der Waals surface area contributed by atoms with Crippen molar-refractivity contribution in [3.63, 3.8) is 0 Å². The van der Waals surface area contributed by atoms with Crippen molar-refractivity contribution < 1.29 is 18.7 Å². The van der Waals surface area contributed by atoms with Gasteiger partial charge in [-0.1, -0.05) is 15.9 Å². The van der Waals surface area contributed by atoms with E-state index in [-0.39, 0.29) is 24.0 Å². The predicted molar refractivity (Wildman–Crippen MR) is 89.5 cm³/mol. The van der Waals surface area contributed by atoms with Gasteiger partial charge in [0.15, 0.2) is 12.4 Å². The number of carbonyl (C=O) groups is 2. The second-order valence-corrected chi connectivity index (χ2v) is 5.83. The summed E-state index contributed by atoms with van der Waals surface area (Å²) >= 11 is 3.17. The summed E-state index contributed by atoms with van der Waals surface area (Å²) in [6.45, 7) is 1.24. The van der Waals surface area contributed by atoms with Gasteiger partial charge in [-0.3, -0.25) is 9.59 Å². The SMILES string of the molecule is CC(=O)c1ccc(OCC(=O)N(C)c2ccc(Br)cc2F)cc1. The second kappa shape index (κ2) is 7.37. The molecule has 0 unspecified atom stereocenters. The molecule has 120 valence electrons. The van der Waals surface area contributed by atoms with E-state index in [4.69, 9.17) is 4.74 Å². The fourth-order valence-electron chi connectivity index (χ4n) is 1.92. The minimum Gasteiger partial charge on any atom is -0.484 e. The molecule has 0 spiro atoms. The Balaban J connectivity index is 1.99. The molecule has 1 amide bonds. The number of carbonyl (C=O) groups excluding carboxylic acids is 2. The zero-order valence-electron chi connectivity index (χ0n) is 12.7. The number of rotatable bonds is 5. The molecule has 2 aromatic carbocycles. The standard InChI is InChI=1S/C17H15BrFNO3/c1-11(21)12-3-6-14(7-4-12)23-10-17(22)20(2)16-8-5-13(18)9-15(16)19/h3-9H,10H2,1-2H3. The van der Waals surface area contributed by atoms with Crippen molar-refractivity contribution in [3.05, 3.63) is 58.3 Å². The number of ketones is 1. The van der Waals surface area contributed by atoms with Gasteiger partial charge in [0.1, 0.15) is 11.6 Å². The van der Waals surface area contributed by atoms with Gasteiger partial charge >= 0.3 is 0 Å². The van der Waals surface area contributed by atoms with Gasteiger partial charge in [0.25, 0.3) is 5.91 Å². The van der Waals surface area contributed by atoms with Crippen LogP contribution in [0.15, 0.2) is 46.9 Å². The molecule has 0 radical (unpaired) electrons. The monoisotopic (exact) mass is 379 g/mol. The van der Waals surface area contributed by atoms with E-state index in [9.17, 15) is 14.0 Å². The fourth-order valence-corrected chi connectivity index (χ4v) is 2.25. The summed E-state index contributed by atoms with van der Waals surface area (Å²) in [7, 11) is 1.48. The Kier molecular flexibility index (Phi) is 5.50. The number of halogens is 2. The Morgan fingerprint density at radius 3 is 2.39 bits per heavy atom. The van der Waals surface area contributed by atoms with Crippen LogP contribution in [0.1, 0.15) is 17.3 Å². The first-order chi connectivity index (χ1) is 10.9. The second-order valence-electron chi connectivity index (χ2n) is 4.92. The van der Waals surface area contributed by atoms with Crippen molar-refractivity contribution in [2.24, 2.45) is 0 Å². The smallest absolute Gasteiger partial charge is 0.264 e. The molecule has 0 aromatic heterocycles. The van der Waals surface area contributed by atoms with E-state index < -0.39 is 5.82 Å². The maximum Gasteiger partial charge on any atom is 0.264 e. The van der Waals surface area contributed by atoms with Crippen LogP contribution in [0.3, 0.4) is 0 Å². The normalized spacial score (nSPS) is 10.3. The molecular weight excluding hydrogens is 365 g/mol. The molecule has 2 aromatic rings. The van der Waals surface area contributed by atoms with Crippen LogP contribution in [0.4, 0.5) is 10.1 Å². The molecule has 0 saturated heterocycles. The highest BCUT2D eigenvalue weighted by atomic mass is 79.9. The summed E-state index contributed by atoms with van der Waals surface area (Å²) in [6, 6.07) is 10.9. The molecule has 0 fully saturated rings. The molecule has 4 nitrogen and oxygen atoms in total. The highest BCUT2D eigenvalue weighted by molar-refractivity contribution is 9.10. The van der Waals surface area contributed by atoms with Crippen molar-refractivity contribution in [2.45, 2.75) is 6.92 Å². The van der Waals surface area contributed by atoms with Gasteiger partial charge in [-0.05, 0) is 49.4 Å². The molecule has 0 heterocycles. The average Bonchev–Trinajstić information content (AvgIpc) is 2.52. The lowest BCUT2D eigenvalue weighted by Crippen LogP contribution is -2.31. The van der Waals surface area contributed by atoms with E-state index in [0.29, 0.717) is 15.8 Å². The van der Waals surface area contributed by atoms with E-state index in [0.717, 1.165) is 0 Å². The van der Waals surface area contributed by atoms with Crippen LogP contribution in [0, 0.1) is 5.82 Å². The summed E-state index contributed by atoms with van der Waals surface area (Å²) in [5.74, 6) is -0.464. The van der Waals surface area contributed by atoms with Crippen molar-refractivity contribution >= 4 is 33.3 Å². The number of hydrogen-bond donors (Lipinski definition) is 0. The van der Waals surface area contributed by atoms with Crippen LogP contribution in [0.5, 0.6) is 5.75 Å². The molecule has 0 atom stereocenters. The van der Waals surface area contributed by atoms with Gasteiger partial charge in [-0.2, -0.15) is 0 Å². The number of amides is 1. The molecule has 0 aliphatic rings. The zero-order valence-corrected chi connectivity index (χ0v) is 14.3. The fraction of sp³-hybridized carbons (Fsp3) is 0.176. The number of hydrogen-bond acceptors (Lipinski definition) is 3. The third-order valence-corrected chi connectivity index (χ3v) is 3.76. The van der Waals surface area contributed by atoms with Gasteiger partial charge in [-0.25, -0.2) is 4.39 Å². The van der Waals surface area contributed by atoms with Gasteiger partial charge in [0, 0.05) is 17.1 Å². The summed E-state index contributed by atoms with van der Waals surface area (Å²) < 4.78 is 19.8. The largest absolute Gasteiger partial charge is 0.484 e. The van der Waals surface area contributed by atoms with Crippen LogP contribution in [-0.2, 0) is 4.79 Å². The molecule has 0 aliphatic heterocycles. The van der Waals surface area contributed by atoms with Gasteiger partial charge in [0.05, 0.1) is 5.69 Å². The van der Waals surface area contributed by atoms with Crippen LogP contribution in [0.2, 0.25) is 0 Å². The van der Waals surface area contributed by atoms with Crippen molar-refractivity contribution in [2.75, 3.05) is 18.6 Å². The summed E-state index contributed by atoms with van der Waals surface area (Å²) in [5, 5.41) is 0. The van der Waals surface area contributed by atoms with E-state index in [1.165, 1.54) is 31.0 Å². The van der Waals surface area contributed by atoms with Crippen LogP contribution < -0.4 is 9.64 Å². The number of anilines is 1. The number of Topliss-reactive ketones (excluding diaryl/α,β-unsaturated/α-hetero) is 1. The average molecular weight is 380 g/mol. The minimum atomic E-state index is -0.499. The maximum atomic E-state index is 13.8. The number of nitrogens with zero attached hydrogens (tertiary/aromatic N) is 1. The molecule has 0 N–H and O–H groups in total. The Morgan fingerprint density at radius 1 is 1.17 bits per heavy atom. The molecule has 23 heavy (non-hydrogen) atoms. The minimum absolute atomic E-state index is 0.0435. The summed E-state index contributed by atoms with van der Waals surface area (Å²) in [6.07, 6.45) is 0. The van der Waals surface area contributed by atoms with E-state index in [2.05, 4.69) is 15.9 Å². The Labute approximate surface area is 142 Å². The van der Waals surface area contributed by atoms with Crippen molar-refractivity contribution in [1.29, 1.82) is 0 Å². The van der Waals surface area contributed by atoms with Gasteiger partial charge in [-0.15, -0.1) is 0 Å². The first kappa shape index (κ1) is 17.1. The van der Waals surface area contributed by atoms with Crippen molar-refractivity contribution in [3.8, 4) is 5.75 Å². The third kappa shape index (κ3) is 4.39. The Hall–Kier alpha value is -2.21. The molecule has 0 bridgehead atoms. The summed E-state index contributed by atoms with van der Waals surface area (Å²) in [5.41, 5.74) is 0.742.